The molecule has 0 aliphatic heterocycles. The third-order valence-corrected chi connectivity index (χ3v) is 9.20. The minimum atomic E-state index is -4.44. The lowest BCUT2D eigenvalue weighted by atomic mass is 9.47. The van der Waals surface area contributed by atoms with Gasteiger partial charge in [-0.05, 0) is 100.0 Å². The number of halogens is 3. The van der Waals surface area contributed by atoms with Crippen LogP contribution < -0.4 is 10.1 Å². The summed E-state index contributed by atoms with van der Waals surface area (Å²) in [5.74, 6) is 1.03. The van der Waals surface area contributed by atoms with Crippen molar-refractivity contribution < 1.29 is 32.2 Å². The highest BCUT2D eigenvalue weighted by molar-refractivity contribution is 6.04. The fourth-order valence-corrected chi connectivity index (χ4v) is 7.89. The number of benzene rings is 2. The molecule has 4 fully saturated rings. The van der Waals surface area contributed by atoms with E-state index in [4.69, 9.17) is 9.47 Å². The Kier molecular flexibility index (Phi) is 7.39. The molecular weight excluding hydrogens is 545 g/mol. The van der Waals surface area contributed by atoms with Crippen molar-refractivity contribution in [3.8, 4) is 5.75 Å². The first-order chi connectivity index (χ1) is 20.0. The Morgan fingerprint density at radius 3 is 2.21 bits per heavy atom. The van der Waals surface area contributed by atoms with Crippen molar-refractivity contribution in [1.29, 1.82) is 0 Å². The number of nitrogens with zero attached hydrogens (tertiary/aromatic N) is 1. The van der Waals surface area contributed by atoms with Gasteiger partial charge in [0.1, 0.15) is 18.2 Å². The van der Waals surface area contributed by atoms with Gasteiger partial charge in [0.15, 0.2) is 5.75 Å². The number of amides is 1. The first kappa shape index (κ1) is 28.5. The summed E-state index contributed by atoms with van der Waals surface area (Å²) < 4.78 is 50.9. The first-order valence-electron chi connectivity index (χ1n) is 14.7. The summed E-state index contributed by atoms with van der Waals surface area (Å²) >= 11 is 0. The summed E-state index contributed by atoms with van der Waals surface area (Å²) in [5, 5.41) is 3.82. The molecule has 4 aliphatic rings. The topological polar surface area (TPSA) is 77.5 Å². The van der Waals surface area contributed by atoms with Gasteiger partial charge in [0.05, 0.1) is 17.2 Å². The highest BCUT2D eigenvalue weighted by Gasteiger charge is 2.57. The van der Waals surface area contributed by atoms with E-state index in [9.17, 15) is 22.8 Å². The molecule has 222 valence electrons. The van der Waals surface area contributed by atoms with Gasteiger partial charge in [-0.25, -0.2) is 4.79 Å². The summed E-state index contributed by atoms with van der Waals surface area (Å²) in [6, 6.07) is 11.0. The Hall–Kier alpha value is -3.62. The number of alkyl halides is 3. The number of hydrogen-bond donors (Lipinski definition) is 1. The number of hydrogen-bond acceptors (Lipinski definition) is 5. The summed E-state index contributed by atoms with van der Waals surface area (Å²) in [7, 11) is 0. The third kappa shape index (κ3) is 5.57. The van der Waals surface area contributed by atoms with Gasteiger partial charge >= 0.3 is 12.1 Å². The zero-order valence-corrected chi connectivity index (χ0v) is 23.7. The van der Waals surface area contributed by atoms with E-state index < -0.39 is 29.7 Å². The fourth-order valence-electron chi connectivity index (χ4n) is 7.89. The Labute approximate surface area is 243 Å². The second-order valence-electron chi connectivity index (χ2n) is 12.7. The van der Waals surface area contributed by atoms with Crippen LogP contribution in [0.3, 0.4) is 0 Å². The van der Waals surface area contributed by atoms with E-state index in [0.717, 1.165) is 36.8 Å². The average molecular weight is 581 g/mol. The van der Waals surface area contributed by atoms with E-state index in [0.29, 0.717) is 28.8 Å². The Bertz CT molecular complexity index is 1450. The van der Waals surface area contributed by atoms with Gasteiger partial charge in [-0.1, -0.05) is 24.3 Å². The van der Waals surface area contributed by atoms with Crippen molar-refractivity contribution in [2.45, 2.75) is 77.3 Å². The SMILES string of the molecule is CC(C)OC(=O)C(NC(=O)c1ccc2cccnc2c1OCc1ccc(C(F)(F)F)cc1)C12CC3CC(CC(C3)C1)C2. The van der Waals surface area contributed by atoms with Crippen molar-refractivity contribution >= 4 is 22.8 Å². The summed E-state index contributed by atoms with van der Waals surface area (Å²) in [4.78, 5) is 32.0. The van der Waals surface area contributed by atoms with E-state index in [-0.39, 0.29) is 29.4 Å². The molecule has 1 aromatic heterocycles. The molecule has 4 saturated carbocycles. The van der Waals surface area contributed by atoms with Crippen molar-refractivity contribution in [2.24, 2.45) is 23.2 Å². The minimum absolute atomic E-state index is 0.0676. The zero-order chi connectivity index (χ0) is 29.6. The van der Waals surface area contributed by atoms with Gasteiger partial charge < -0.3 is 14.8 Å². The molecule has 7 rings (SSSR count). The average Bonchev–Trinajstić information content (AvgIpc) is 2.93. The molecule has 1 unspecified atom stereocenters. The van der Waals surface area contributed by atoms with E-state index in [1.54, 1.807) is 38.2 Å². The molecule has 1 heterocycles. The number of ether oxygens (including phenoxy) is 2. The van der Waals surface area contributed by atoms with Crippen LogP contribution in [-0.4, -0.2) is 29.0 Å². The molecule has 0 saturated heterocycles. The molecule has 0 radical (unpaired) electrons. The summed E-state index contributed by atoms with van der Waals surface area (Å²) in [6.45, 7) is 3.54. The van der Waals surface area contributed by atoms with Gasteiger partial charge in [-0.3, -0.25) is 9.78 Å². The van der Waals surface area contributed by atoms with Crippen molar-refractivity contribution in [3.63, 3.8) is 0 Å². The van der Waals surface area contributed by atoms with E-state index in [1.807, 2.05) is 6.07 Å². The number of aromatic nitrogens is 1. The van der Waals surface area contributed by atoms with Crippen LogP contribution in [0.4, 0.5) is 13.2 Å². The molecule has 6 nitrogen and oxygen atoms in total. The number of pyridine rings is 1. The van der Waals surface area contributed by atoms with Crippen molar-refractivity contribution in [3.05, 3.63) is 71.4 Å². The molecule has 9 heteroatoms. The molecule has 1 atom stereocenters. The maximum absolute atomic E-state index is 14.0. The smallest absolute Gasteiger partial charge is 0.416 e. The van der Waals surface area contributed by atoms with Crippen LogP contribution in [-0.2, 0) is 22.3 Å². The van der Waals surface area contributed by atoms with Crippen LogP contribution in [0.2, 0.25) is 0 Å². The number of carbonyl (C=O) groups is 2. The number of rotatable bonds is 8. The van der Waals surface area contributed by atoms with Gasteiger partial charge in [-0.2, -0.15) is 13.2 Å². The molecule has 4 bridgehead atoms. The van der Waals surface area contributed by atoms with Crippen LogP contribution in [0.5, 0.6) is 5.75 Å². The second kappa shape index (κ2) is 10.9. The van der Waals surface area contributed by atoms with E-state index in [2.05, 4.69) is 10.3 Å². The molecule has 0 spiro atoms. The molecule has 4 aliphatic carbocycles. The quantitative estimate of drug-likeness (QED) is 0.288. The number of fused-ring (bicyclic) bond motifs is 1. The number of carbonyl (C=O) groups excluding carboxylic acids is 2. The molecule has 3 aromatic rings. The molecule has 2 aromatic carbocycles. The summed E-state index contributed by atoms with van der Waals surface area (Å²) in [5.41, 5.74) is 0.0805. The lowest BCUT2D eigenvalue weighted by molar-refractivity contribution is -0.161. The molecule has 1 amide bonds. The highest BCUT2D eigenvalue weighted by Crippen LogP contribution is 2.61. The number of esters is 1. The first-order valence-corrected chi connectivity index (χ1v) is 14.7. The van der Waals surface area contributed by atoms with Crippen LogP contribution in [0.25, 0.3) is 10.9 Å². The maximum Gasteiger partial charge on any atom is 0.416 e. The Balaban J connectivity index is 1.31. The van der Waals surface area contributed by atoms with E-state index in [1.165, 1.54) is 31.4 Å². The molecular formula is C33H35F3N2O4. The largest absolute Gasteiger partial charge is 0.486 e. The molecule has 1 N–H and O–H groups in total. The summed E-state index contributed by atoms with van der Waals surface area (Å²) in [6.07, 6.45) is 3.10. The lowest BCUT2D eigenvalue weighted by Crippen LogP contribution is -2.60. The lowest BCUT2D eigenvalue weighted by Gasteiger charge is -2.58. The van der Waals surface area contributed by atoms with Crippen molar-refractivity contribution in [2.75, 3.05) is 0 Å². The maximum atomic E-state index is 14.0. The predicted octanol–water partition coefficient (Wildman–Crippen LogP) is 7.10. The minimum Gasteiger partial charge on any atom is -0.486 e. The van der Waals surface area contributed by atoms with E-state index >= 15 is 0 Å². The highest BCUT2D eigenvalue weighted by atomic mass is 19.4. The zero-order valence-electron chi connectivity index (χ0n) is 23.7. The van der Waals surface area contributed by atoms with Crippen LogP contribution >= 0.6 is 0 Å². The van der Waals surface area contributed by atoms with Gasteiger partial charge in [0.2, 0.25) is 0 Å². The Morgan fingerprint density at radius 1 is 0.976 bits per heavy atom. The molecule has 42 heavy (non-hydrogen) atoms. The van der Waals surface area contributed by atoms with Crippen LogP contribution in [0.15, 0.2) is 54.7 Å². The van der Waals surface area contributed by atoms with Crippen LogP contribution in [0, 0.1) is 23.2 Å². The standard InChI is InChI=1S/C33H35F3N2O4/c1-19(2)42-31(40)29(32-15-21-12-22(16-32)14-23(13-21)17-32)38-30(39)26-10-7-24-4-3-11-37-27(24)28(26)41-18-20-5-8-25(9-6-20)33(34,35)36/h3-11,19,21-23,29H,12-18H2,1-2H3,(H,38,39). The monoisotopic (exact) mass is 580 g/mol. The predicted molar refractivity (Wildman–Crippen MR) is 151 cm³/mol. The number of nitrogens with one attached hydrogen (secondary N) is 1. The Morgan fingerprint density at radius 2 is 1.62 bits per heavy atom. The van der Waals surface area contributed by atoms with Crippen molar-refractivity contribution in [1.82, 2.24) is 10.3 Å². The second-order valence-corrected chi connectivity index (χ2v) is 12.7. The fraction of sp³-hybridized carbons (Fsp3) is 0.485. The van der Waals surface area contributed by atoms with Gasteiger partial charge in [0.25, 0.3) is 5.91 Å². The van der Waals surface area contributed by atoms with Gasteiger partial charge in [0, 0.05) is 17.0 Å². The van der Waals surface area contributed by atoms with Gasteiger partial charge in [-0.15, -0.1) is 0 Å². The van der Waals surface area contributed by atoms with Crippen LogP contribution in [0.1, 0.15) is 73.9 Å². The third-order valence-electron chi connectivity index (χ3n) is 9.20. The normalized spacial score (nSPS) is 25.4.